The summed E-state index contributed by atoms with van der Waals surface area (Å²) < 4.78 is 113. The van der Waals surface area contributed by atoms with Crippen molar-refractivity contribution in [1.29, 1.82) is 0 Å². The van der Waals surface area contributed by atoms with Crippen LogP contribution in [0, 0.1) is 5.92 Å². The molecule has 0 aromatic heterocycles. The number of methoxy groups -OCH3 is 5. The highest BCUT2D eigenvalue weighted by molar-refractivity contribution is 7.89. The van der Waals surface area contributed by atoms with Gasteiger partial charge in [0, 0.05) is 40.1 Å². The number of hydrogen-bond donors (Lipinski definition) is 3. The lowest BCUT2D eigenvalue weighted by Crippen LogP contribution is -2.24. The Morgan fingerprint density at radius 3 is 1.00 bits per heavy atom. The highest BCUT2D eigenvalue weighted by atomic mass is 32.2. The molecule has 0 spiro atoms. The zero-order valence-corrected chi connectivity index (χ0v) is 59.1. The van der Waals surface area contributed by atoms with Crippen LogP contribution in [0.3, 0.4) is 0 Å². The van der Waals surface area contributed by atoms with Crippen LogP contribution in [0.25, 0.3) is 0 Å². The average molecular weight is 1430 g/mol. The minimum atomic E-state index is -3.79. The second kappa shape index (κ2) is 33.9. The number of nitrogens with zero attached hydrogens (tertiary/aromatic N) is 6. The van der Waals surface area contributed by atoms with E-state index in [4.69, 9.17) is 68.6 Å². The van der Waals surface area contributed by atoms with Crippen LogP contribution in [0.4, 0.5) is 17.1 Å². The first-order valence-corrected chi connectivity index (χ1v) is 36.8. The van der Waals surface area contributed by atoms with E-state index >= 15 is 0 Å². The van der Waals surface area contributed by atoms with Gasteiger partial charge in [-0.3, -0.25) is 15.0 Å². The van der Waals surface area contributed by atoms with Crippen molar-refractivity contribution in [3.05, 3.63) is 258 Å². The molecule has 26 heteroatoms. The van der Waals surface area contributed by atoms with Gasteiger partial charge in [-0.1, -0.05) is 73.7 Å². The predicted molar refractivity (Wildman–Crippen MR) is 391 cm³/mol. The van der Waals surface area contributed by atoms with E-state index in [1.54, 1.807) is 71.9 Å². The summed E-state index contributed by atoms with van der Waals surface area (Å²) in [5.41, 5.74) is 11.4. The summed E-state index contributed by atoms with van der Waals surface area (Å²) >= 11 is 0. The second-order valence-electron chi connectivity index (χ2n) is 23.5. The van der Waals surface area contributed by atoms with Gasteiger partial charge in [0.1, 0.15) is 48.6 Å². The van der Waals surface area contributed by atoms with E-state index < -0.39 is 30.1 Å². The fourth-order valence-corrected chi connectivity index (χ4v) is 13.1. The summed E-state index contributed by atoms with van der Waals surface area (Å²) in [5.74, 6) is 3.96. The lowest BCUT2D eigenvalue weighted by Gasteiger charge is -2.27. The van der Waals surface area contributed by atoms with Crippen molar-refractivity contribution in [3.8, 4) is 28.7 Å². The lowest BCUT2D eigenvalue weighted by atomic mass is 9.88. The van der Waals surface area contributed by atoms with Gasteiger partial charge < -0.3 is 37.9 Å². The molecule has 528 valence electrons. The molecule has 12 rings (SSSR count). The van der Waals surface area contributed by atoms with Crippen molar-refractivity contribution in [2.45, 2.75) is 52.6 Å². The Bertz CT molecular complexity index is 4640. The smallest absolute Gasteiger partial charge is 0.238 e. The van der Waals surface area contributed by atoms with Gasteiger partial charge >= 0.3 is 0 Å². The average Bonchev–Trinajstić information content (AvgIpc) is 1.67. The number of sulfonamides is 3. The van der Waals surface area contributed by atoms with E-state index in [2.05, 4.69) is 6.92 Å². The molecule has 4 unspecified atom stereocenters. The SMILES string of the molecule is COCCOc1ccc(C2=NN(c3ccc(S(N)(=O)=O)cc3)C(c3ccc(OC)cc3)C2)cc1.COCCOc1ccc(C2=NN(c3ccc(S(N)(=O)=O)cc3)C(c3ccc(OCCOC)cc3)C2)cc1.COc1ccc(C2C(C)C(c3ccccc3)=NN2c2ccc(S(N)(=O)=O)cc2)cc1. The van der Waals surface area contributed by atoms with Gasteiger partial charge in [0.15, 0.2) is 0 Å². The maximum absolute atomic E-state index is 11.7. The summed E-state index contributed by atoms with van der Waals surface area (Å²) in [6.07, 6.45) is 1.33. The van der Waals surface area contributed by atoms with Crippen LogP contribution in [0.1, 0.15) is 71.3 Å². The standard InChI is InChI=1S/C27H31N3O6S.C25H27N3O5S.C23H23N3O3S/c1-33-15-17-35-23-9-3-20(4-10-23)26-19-27(21-5-11-24(12-6-21)36-18-16-34-2)30(29-26)22-7-13-25(14-8-22)37(28,31)32;1-31-15-16-33-22-11-3-18(4-12-22)24-17-25(19-5-9-21(32-2)10-6-19)28(27-24)20-7-13-23(14-8-20)34(26,29)30;1-16-22(17-6-4-3-5-7-17)25-26(19-10-14-21(15-11-19)30(24,27)28)23(16)18-8-12-20(29-2)13-9-18/h3-14,27H,15-19H2,1-2H3,(H2,28,31,32);3-14,25H,15-17H2,1-2H3,(H2,26,29,30);3-16,23H,1-2H3,(H2,24,27,28). The van der Waals surface area contributed by atoms with Crippen molar-refractivity contribution in [2.75, 3.05) is 90.2 Å². The van der Waals surface area contributed by atoms with Crippen LogP contribution < -0.4 is 54.1 Å². The molecule has 0 saturated carbocycles. The van der Waals surface area contributed by atoms with Gasteiger partial charge in [-0.2, -0.15) is 15.3 Å². The third-order valence-electron chi connectivity index (χ3n) is 16.8. The molecule has 9 aromatic carbocycles. The Hall–Kier alpha value is -10.0. The van der Waals surface area contributed by atoms with E-state index in [0.29, 0.717) is 52.5 Å². The lowest BCUT2D eigenvalue weighted by molar-refractivity contribution is 0.146. The topological polar surface area (TPSA) is 301 Å². The molecule has 4 atom stereocenters. The van der Waals surface area contributed by atoms with Crippen molar-refractivity contribution < 1.29 is 63.1 Å². The first-order chi connectivity index (χ1) is 48.6. The maximum atomic E-state index is 11.7. The molecule has 0 fully saturated rings. The third kappa shape index (κ3) is 19.1. The molecule has 0 bridgehead atoms. The van der Waals surface area contributed by atoms with E-state index in [-0.39, 0.29) is 38.7 Å². The molecule has 3 aliphatic heterocycles. The maximum Gasteiger partial charge on any atom is 0.238 e. The number of primary sulfonamides is 3. The van der Waals surface area contributed by atoms with Crippen LogP contribution in [-0.2, 0) is 44.3 Å². The number of benzene rings is 9. The first kappa shape index (κ1) is 73.7. The van der Waals surface area contributed by atoms with Crippen molar-refractivity contribution in [1.82, 2.24) is 0 Å². The Labute approximate surface area is 590 Å². The monoisotopic (exact) mass is 1430 g/mol. The summed E-state index contributed by atoms with van der Waals surface area (Å²) in [6.45, 7) is 5.15. The zero-order chi connectivity index (χ0) is 71.7. The van der Waals surface area contributed by atoms with Gasteiger partial charge in [-0.15, -0.1) is 0 Å². The molecule has 0 amide bonds. The van der Waals surface area contributed by atoms with Gasteiger partial charge in [-0.05, 0) is 191 Å². The number of hydrazone groups is 3. The first-order valence-electron chi connectivity index (χ1n) is 32.2. The fraction of sp³-hybridized carbons (Fsp3) is 0.240. The summed E-state index contributed by atoms with van der Waals surface area (Å²) in [7, 11) is -3.12. The Morgan fingerprint density at radius 2 is 0.673 bits per heavy atom. The molecular formula is C75H81N9O14S3. The van der Waals surface area contributed by atoms with E-state index in [1.165, 1.54) is 36.4 Å². The molecule has 9 aromatic rings. The quantitative estimate of drug-likeness (QED) is 0.0424. The van der Waals surface area contributed by atoms with Crippen LogP contribution in [-0.4, -0.2) is 118 Å². The normalized spacial score (nSPS) is 16.6. The van der Waals surface area contributed by atoms with Gasteiger partial charge in [0.2, 0.25) is 30.1 Å². The Morgan fingerprint density at radius 1 is 0.356 bits per heavy atom. The molecule has 3 aliphatic rings. The number of nitrogens with two attached hydrogens (primary N) is 3. The third-order valence-corrected chi connectivity index (χ3v) is 19.6. The molecule has 23 nitrogen and oxygen atoms in total. The van der Waals surface area contributed by atoms with Gasteiger partial charge in [-0.25, -0.2) is 40.7 Å². The number of hydrogen-bond acceptors (Lipinski definition) is 20. The highest BCUT2D eigenvalue weighted by Crippen LogP contribution is 2.43. The number of anilines is 3. The second-order valence-corrected chi connectivity index (χ2v) is 28.1. The summed E-state index contributed by atoms with van der Waals surface area (Å²) in [4.78, 5) is 0.189. The summed E-state index contributed by atoms with van der Waals surface area (Å²) in [5, 5.41) is 36.3. The number of ether oxygens (including phenoxy) is 8. The molecule has 3 heterocycles. The van der Waals surface area contributed by atoms with Crippen molar-refractivity contribution >= 4 is 64.3 Å². The van der Waals surface area contributed by atoms with Crippen molar-refractivity contribution in [2.24, 2.45) is 36.6 Å². The molecular weight excluding hydrogens is 1350 g/mol. The van der Waals surface area contributed by atoms with Crippen LogP contribution in [0.5, 0.6) is 28.7 Å². The summed E-state index contributed by atoms with van der Waals surface area (Å²) in [6, 6.07) is 68.5. The van der Waals surface area contributed by atoms with E-state index in [0.717, 1.165) is 96.3 Å². The fourth-order valence-electron chi connectivity index (χ4n) is 11.6. The number of rotatable bonds is 26. The largest absolute Gasteiger partial charge is 0.497 e. The zero-order valence-electron chi connectivity index (χ0n) is 56.7. The van der Waals surface area contributed by atoms with Crippen LogP contribution >= 0.6 is 0 Å². The Kier molecular flexibility index (Phi) is 24.7. The minimum Gasteiger partial charge on any atom is -0.497 e. The molecule has 0 aliphatic carbocycles. The van der Waals surface area contributed by atoms with Crippen LogP contribution in [0.15, 0.2) is 254 Å². The molecule has 0 radical (unpaired) electrons. The minimum absolute atomic E-state index is 0.0496. The van der Waals surface area contributed by atoms with Crippen LogP contribution in [0.2, 0.25) is 0 Å². The van der Waals surface area contributed by atoms with E-state index in [9.17, 15) is 25.3 Å². The van der Waals surface area contributed by atoms with Gasteiger partial charge in [0.05, 0.1) is 101 Å². The molecule has 101 heavy (non-hydrogen) atoms. The molecule has 0 saturated heterocycles. The Balaban J connectivity index is 0.000000164. The van der Waals surface area contributed by atoms with Gasteiger partial charge in [0.25, 0.3) is 0 Å². The van der Waals surface area contributed by atoms with E-state index in [1.807, 2.05) is 167 Å². The predicted octanol–water partition coefficient (Wildman–Crippen LogP) is 11.4. The highest BCUT2D eigenvalue weighted by Gasteiger charge is 2.38. The molecule has 6 N–H and O–H groups in total. The van der Waals surface area contributed by atoms with Crippen molar-refractivity contribution in [3.63, 3.8) is 0 Å².